The fourth-order valence-corrected chi connectivity index (χ4v) is 3.05. The van der Waals surface area contributed by atoms with E-state index in [0.29, 0.717) is 24.5 Å². The molecule has 1 fully saturated rings. The lowest BCUT2D eigenvalue weighted by molar-refractivity contribution is -0.116. The zero-order valence-corrected chi connectivity index (χ0v) is 13.4. The molecule has 0 spiro atoms. The summed E-state index contributed by atoms with van der Waals surface area (Å²) in [5.41, 5.74) is 0. The molecule has 0 aromatic carbocycles. The van der Waals surface area contributed by atoms with E-state index in [4.69, 9.17) is 4.74 Å². The zero-order chi connectivity index (χ0) is 15.0. The topological polar surface area (TPSA) is 38.3 Å². The minimum atomic E-state index is -0.0908. The van der Waals surface area contributed by atoms with Gasteiger partial charge in [-0.25, -0.2) is 0 Å². The fraction of sp³-hybridized carbons (Fsp3) is 0.824. The summed E-state index contributed by atoms with van der Waals surface area (Å²) >= 11 is 0. The van der Waals surface area contributed by atoms with Gasteiger partial charge in [0.15, 0.2) is 0 Å². The third kappa shape index (κ3) is 6.08. The molecule has 20 heavy (non-hydrogen) atoms. The molecule has 1 rings (SSSR count). The highest BCUT2D eigenvalue weighted by Crippen LogP contribution is 2.35. The molecule has 1 aliphatic rings. The number of rotatable bonds is 8. The van der Waals surface area contributed by atoms with Crippen molar-refractivity contribution in [3.05, 3.63) is 12.7 Å². The number of carbonyl (C=O) groups excluding carboxylic acids is 1. The first kappa shape index (κ1) is 17.2. The van der Waals surface area contributed by atoms with Crippen molar-refractivity contribution in [1.29, 1.82) is 0 Å². The van der Waals surface area contributed by atoms with Crippen LogP contribution in [0, 0.1) is 17.8 Å². The predicted molar refractivity (Wildman–Crippen MR) is 83.5 cm³/mol. The average Bonchev–Trinajstić information content (AvgIpc) is 2.42. The van der Waals surface area contributed by atoms with Crippen LogP contribution in [0.2, 0.25) is 0 Å². The van der Waals surface area contributed by atoms with Crippen LogP contribution in [0.25, 0.3) is 0 Å². The molecule has 0 aromatic rings. The van der Waals surface area contributed by atoms with Crippen LogP contribution in [-0.4, -0.2) is 25.2 Å². The molecule has 3 unspecified atom stereocenters. The summed E-state index contributed by atoms with van der Waals surface area (Å²) < 4.78 is 6.13. The molecule has 116 valence electrons. The van der Waals surface area contributed by atoms with Gasteiger partial charge in [-0.2, -0.15) is 0 Å². The summed E-state index contributed by atoms with van der Waals surface area (Å²) in [7, 11) is 0. The highest BCUT2D eigenvalue weighted by Gasteiger charge is 2.31. The zero-order valence-electron chi connectivity index (χ0n) is 13.4. The van der Waals surface area contributed by atoms with Gasteiger partial charge in [-0.15, -0.1) is 0 Å². The summed E-state index contributed by atoms with van der Waals surface area (Å²) in [5.74, 6) is 2.12. The molecule has 1 N–H and O–H groups in total. The minimum Gasteiger partial charge on any atom is -0.378 e. The summed E-state index contributed by atoms with van der Waals surface area (Å²) in [6.07, 6.45) is 7.57. The van der Waals surface area contributed by atoms with E-state index in [1.165, 1.54) is 25.3 Å². The maximum absolute atomic E-state index is 11.0. The monoisotopic (exact) mass is 281 g/mol. The van der Waals surface area contributed by atoms with Crippen molar-refractivity contribution >= 4 is 5.91 Å². The Morgan fingerprint density at radius 2 is 2.15 bits per heavy atom. The molecule has 0 saturated heterocycles. The Bertz CT molecular complexity index is 301. The van der Waals surface area contributed by atoms with Crippen molar-refractivity contribution in [2.24, 2.45) is 17.8 Å². The van der Waals surface area contributed by atoms with Crippen molar-refractivity contribution in [3.63, 3.8) is 0 Å². The van der Waals surface area contributed by atoms with Crippen molar-refractivity contribution < 1.29 is 9.53 Å². The Morgan fingerprint density at radius 1 is 1.40 bits per heavy atom. The molecule has 3 nitrogen and oxygen atoms in total. The Morgan fingerprint density at radius 3 is 2.80 bits per heavy atom. The van der Waals surface area contributed by atoms with Crippen LogP contribution in [-0.2, 0) is 9.53 Å². The molecular formula is C17H31NO2. The molecule has 1 saturated carbocycles. The van der Waals surface area contributed by atoms with Crippen LogP contribution in [0.3, 0.4) is 0 Å². The molecule has 0 radical (unpaired) electrons. The normalized spacial score (nSPS) is 26.5. The lowest BCUT2D eigenvalue weighted by Crippen LogP contribution is -2.34. The highest BCUT2D eigenvalue weighted by atomic mass is 16.5. The molecule has 3 heteroatoms. The first-order valence-electron chi connectivity index (χ1n) is 8.06. The van der Waals surface area contributed by atoms with Crippen LogP contribution < -0.4 is 5.32 Å². The first-order valence-corrected chi connectivity index (χ1v) is 8.06. The first-order chi connectivity index (χ1) is 9.54. The van der Waals surface area contributed by atoms with E-state index < -0.39 is 0 Å². The standard InChI is InChI=1S/C17H31NO2/c1-5-17(19)18-10-6-7-11-20-16-12-14(4)8-9-15(16)13(2)3/h5,13-16H,1,6-12H2,2-4H3,(H,18,19). The molecule has 0 heterocycles. The lowest BCUT2D eigenvalue weighted by Gasteiger charge is -2.37. The quantitative estimate of drug-likeness (QED) is 0.546. The Hall–Kier alpha value is -0.830. The number of hydrogen-bond donors (Lipinski definition) is 1. The molecule has 0 aromatic heterocycles. The van der Waals surface area contributed by atoms with E-state index in [0.717, 1.165) is 25.4 Å². The SMILES string of the molecule is C=CC(=O)NCCCCOC1CC(C)CCC1C(C)C. The maximum Gasteiger partial charge on any atom is 0.243 e. The van der Waals surface area contributed by atoms with Crippen LogP contribution in [0.1, 0.15) is 52.9 Å². The van der Waals surface area contributed by atoms with E-state index in [-0.39, 0.29) is 5.91 Å². The molecule has 0 bridgehead atoms. The Labute approximate surface area is 124 Å². The van der Waals surface area contributed by atoms with Crippen LogP contribution in [0.5, 0.6) is 0 Å². The van der Waals surface area contributed by atoms with E-state index in [2.05, 4.69) is 32.7 Å². The van der Waals surface area contributed by atoms with Gasteiger partial charge in [-0.1, -0.05) is 33.8 Å². The van der Waals surface area contributed by atoms with Crippen molar-refractivity contribution in [1.82, 2.24) is 5.32 Å². The second-order valence-electron chi connectivity index (χ2n) is 6.44. The van der Waals surface area contributed by atoms with E-state index in [1.54, 1.807) is 0 Å². The van der Waals surface area contributed by atoms with E-state index >= 15 is 0 Å². The third-order valence-corrected chi connectivity index (χ3v) is 4.35. The van der Waals surface area contributed by atoms with Gasteiger partial charge in [0.1, 0.15) is 0 Å². The van der Waals surface area contributed by atoms with Gasteiger partial charge in [0.2, 0.25) is 5.91 Å². The lowest BCUT2D eigenvalue weighted by atomic mass is 9.75. The molecular weight excluding hydrogens is 250 g/mol. The summed E-state index contributed by atoms with van der Waals surface area (Å²) in [5, 5.41) is 2.79. The largest absolute Gasteiger partial charge is 0.378 e. The van der Waals surface area contributed by atoms with Crippen LogP contribution in [0.15, 0.2) is 12.7 Å². The Balaban J connectivity index is 2.18. The molecule has 3 atom stereocenters. The van der Waals surface area contributed by atoms with Crippen molar-refractivity contribution in [3.8, 4) is 0 Å². The van der Waals surface area contributed by atoms with Gasteiger partial charge < -0.3 is 10.1 Å². The number of ether oxygens (including phenoxy) is 1. The van der Waals surface area contributed by atoms with Gasteiger partial charge in [0.25, 0.3) is 0 Å². The van der Waals surface area contributed by atoms with E-state index in [1.807, 2.05) is 0 Å². The number of nitrogens with one attached hydrogen (secondary N) is 1. The third-order valence-electron chi connectivity index (χ3n) is 4.35. The van der Waals surface area contributed by atoms with Gasteiger partial charge in [0.05, 0.1) is 6.10 Å². The van der Waals surface area contributed by atoms with E-state index in [9.17, 15) is 4.79 Å². The predicted octanol–water partition coefficient (Wildman–Crippen LogP) is 3.55. The number of carbonyl (C=O) groups is 1. The molecule has 1 amide bonds. The van der Waals surface area contributed by atoms with Crippen molar-refractivity contribution in [2.75, 3.05) is 13.2 Å². The average molecular weight is 281 g/mol. The number of amides is 1. The van der Waals surface area contributed by atoms with Gasteiger partial charge >= 0.3 is 0 Å². The molecule has 1 aliphatic carbocycles. The summed E-state index contributed by atoms with van der Waals surface area (Å²) in [4.78, 5) is 11.0. The maximum atomic E-state index is 11.0. The highest BCUT2D eigenvalue weighted by molar-refractivity contribution is 5.86. The Kier molecular flexibility index (Phi) is 7.90. The second-order valence-corrected chi connectivity index (χ2v) is 6.44. The van der Waals surface area contributed by atoms with Gasteiger partial charge in [0, 0.05) is 13.2 Å². The smallest absolute Gasteiger partial charge is 0.243 e. The second kappa shape index (κ2) is 9.17. The summed E-state index contributed by atoms with van der Waals surface area (Å²) in [6.45, 7) is 11.9. The number of unbranched alkanes of at least 4 members (excludes halogenated alkanes) is 1. The van der Waals surface area contributed by atoms with Crippen molar-refractivity contribution in [2.45, 2.75) is 59.0 Å². The molecule has 0 aliphatic heterocycles. The van der Waals surface area contributed by atoms with Gasteiger partial charge in [-0.05, 0) is 49.5 Å². The van der Waals surface area contributed by atoms with Gasteiger partial charge in [-0.3, -0.25) is 4.79 Å². The van der Waals surface area contributed by atoms with Crippen LogP contribution in [0.4, 0.5) is 0 Å². The summed E-state index contributed by atoms with van der Waals surface area (Å²) in [6, 6.07) is 0. The fourth-order valence-electron chi connectivity index (χ4n) is 3.05. The van der Waals surface area contributed by atoms with Crippen LogP contribution >= 0.6 is 0 Å². The number of hydrogen-bond acceptors (Lipinski definition) is 2. The minimum absolute atomic E-state index is 0.0908.